The van der Waals surface area contributed by atoms with Crippen molar-refractivity contribution in [3.63, 3.8) is 0 Å². The van der Waals surface area contributed by atoms with E-state index in [0.29, 0.717) is 5.75 Å². The number of phenols is 1. The Morgan fingerprint density at radius 1 is 0.800 bits per heavy atom. The van der Waals surface area contributed by atoms with Gasteiger partial charge in [-0.2, -0.15) is 0 Å². The Hall–Kier alpha value is -0.980. The van der Waals surface area contributed by atoms with Crippen LogP contribution in [0.15, 0.2) is 6.07 Å². The minimum Gasteiger partial charge on any atom is -0.507 e. The minimum atomic E-state index is 0.588. The van der Waals surface area contributed by atoms with Gasteiger partial charge in [0.05, 0.1) is 0 Å². The van der Waals surface area contributed by atoms with Gasteiger partial charge in [0.2, 0.25) is 0 Å². The summed E-state index contributed by atoms with van der Waals surface area (Å²) in [6, 6.07) is 2.27. The van der Waals surface area contributed by atoms with E-state index in [0.717, 1.165) is 25.7 Å². The second-order valence-corrected chi connectivity index (χ2v) is 5.96. The smallest absolute Gasteiger partial charge is 0.122 e. The first kappa shape index (κ1) is 17.1. The summed E-state index contributed by atoms with van der Waals surface area (Å²) in [5.41, 5.74) is 5.19. The highest BCUT2D eigenvalue weighted by molar-refractivity contribution is 5.49. The Labute approximate surface area is 125 Å². The molecule has 1 aromatic rings. The van der Waals surface area contributed by atoms with E-state index >= 15 is 0 Å². The maximum Gasteiger partial charge on any atom is 0.122 e. The monoisotopic (exact) mass is 276 g/mol. The zero-order valence-electron chi connectivity index (χ0n) is 13.9. The molecule has 0 fully saturated rings. The standard InChI is InChI=1S/C19H32O/c1-5-8-11-16-14-17(12-9-6-2)19(20)18(15(16)4)13-10-7-3/h14,20H,5-13H2,1-4H3. The lowest BCUT2D eigenvalue weighted by molar-refractivity contribution is 0.457. The third-order valence-electron chi connectivity index (χ3n) is 4.25. The lowest BCUT2D eigenvalue weighted by Crippen LogP contribution is -2.01. The number of benzene rings is 1. The minimum absolute atomic E-state index is 0.588. The lowest BCUT2D eigenvalue weighted by Gasteiger charge is -2.17. The van der Waals surface area contributed by atoms with E-state index in [-0.39, 0.29) is 0 Å². The molecule has 0 atom stereocenters. The molecule has 1 N–H and O–H groups in total. The normalized spacial score (nSPS) is 11.0. The van der Waals surface area contributed by atoms with Gasteiger partial charge in [-0.15, -0.1) is 0 Å². The van der Waals surface area contributed by atoms with Crippen LogP contribution < -0.4 is 0 Å². The van der Waals surface area contributed by atoms with Crippen LogP contribution in [0.4, 0.5) is 0 Å². The number of phenolic OH excluding ortho intramolecular Hbond substituents is 1. The SMILES string of the molecule is CCCCc1cc(CCCC)c(O)c(CCCC)c1C. The third kappa shape index (κ3) is 4.54. The molecule has 0 aliphatic heterocycles. The average Bonchev–Trinajstić information content (AvgIpc) is 2.45. The zero-order chi connectivity index (χ0) is 15.0. The highest BCUT2D eigenvalue weighted by atomic mass is 16.3. The van der Waals surface area contributed by atoms with Crippen molar-refractivity contribution < 1.29 is 5.11 Å². The molecule has 0 bridgehead atoms. The topological polar surface area (TPSA) is 20.2 Å². The van der Waals surface area contributed by atoms with Crippen LogP contribution >= 0.6 is 0 Å². The summed E-state index contributed by atoms with van der Waals surface area (Å²) in [7, 11) is 0. The second kappa shape index (κ2) is 9.05. The summed E-state index contributed by atoms with van der Waals surface area (Å²) in [6.45, 7) is 8.86. The quantitative estimate of drug-likeness (QED) is 0.611. The summed E-state index contributed by atoms with van der Waals surface area (Å²) in [6.07, 6.45) is 10.4. The molecule has 1 rings (SSSR count). The first-order valence-electron chi connectivity index (χ1n) is 8.48. The summed E-state index contributed by atoms with van der Waals surface area (Å²) in [5.74, 6) is 0.588. The molecule has 0 aliphatic carbocycles. The van der Waals surface area contributed by atoms with E-state index in [1.807, 2.05) is 0 Å². The number of unbranched alkanes of at least 4 members (excludes halogenated alkanes) is 3. The fourth-order valence-electron chi connectivity index (χ4n) is 2.80. The third-order valence-corrected chi connectivity index (χ3v) is 4.25. The molecule has 1 aromatic carbocycles. The van der Waals surface area contributed by atoms with Gasteiger partial charge in [-0.05, 0) is 67.7 Å². The van der Waals surface area contributed by atoms with Gasteiger partial charge in [-0.3, -0.25) is 0 Å². The molecule has 114 valence electrons. The molecule has 0 amide bonds. The molecule has 0 heterocycles. The molecule has 0 aliphatic rings. The molecular formula is C19H32O. The first-order valence-corrected chi connectivity index (χ1v) is 8.48. The van der Waals surface area contributed by atoms with Crippen LogP contribution in [0.1, 0.15) is 81.5 Å². The Balaban J connectivity index is 3.09. The van der Waals surface area contributed by atoms with Crippen molar-refractivity contribution in [1.29, 1.82) is 0 Å². The average molecular weight is 276 g/mol. The Morgan fingerprint density at radius 2 is 1.30 bits per heavy atom. The number of rotatable bonds is 9. The molecule has 0 radical (unpaired) electrons. The molecule has 0 saturated heterocycles. The van der Waals surface area contributed by atoms with Gasteiger partial charge < -0.3 is 5.11 Å². The van der Waals surface area contributed by atoms with Gasteiger partial charge in [0.25, 0.3) is 0 Å². The van der Waals surface area contributed by atoms with E-state index in [4.69, 9.17) is 0 Å². The number of aryl methyl sites for hydroxylation is 2. The van der Waals surface area contributed by atoms with Crippen molar-refractivity contribution in [3.05, 3.63) is 28.3 Å². The Kier molecular flexibility index (Phi) is 7.72. The lowest BCUT2D eigenvalue weighted by atomic mass is 9.90. The van der Waals surface area contributed by atoms with Gasteiger partial charge in [0.15, 0.2) is 0 Å². The van der Waals surface area contributed by atoms with Gasteiger partial charge in [0.1, 0.15) is 5.75 Å². The van der Waals surface area contributed by atoms with E-state index in [9.17, 15) is 5.11 Å². The number of aromatic hydroxyl groups is 1. The van der Waals surface area contributed by atoms with Crippen molar-refractivity contribution in [2.24, 2.45) is 0 Å². The molecule has 20 heavy (non-hydrogen) atoms. The van der Waals surface area contributed by atoms with E-state index in [1.54, 1.807) is 0 Å². The summed E-state index contributed by atoms with van der Waals surface area (Å²) in [5, 5.41) is 10.6. The van der Waals surface area contributed by atoms with Crippen molar-refractivity contribution in [1.82, 2.24) is 0 Å². The summed E-state index contributed by atoms with van der Waals surface area (Å²) >= 11 is 0. The van der Waals surface area contributed by atoms with E-state index in [1.165, 1.54) is 54.4 Å². The van der Waals surface area contributed by atoms with Crippen LogP contribution in [0.5, 0.6) is 5.75 Å². The van der Waals surface area contributed by atoms with Crippen LogP contribution in [0, 0.1) is 6.92 Å². The summed E-state index contributed by atoms with van der Waals surface area (Å²) in [4.78, 5) is 0. The Morgan fingerprint density at radius 3 is 1.85 bits per heavy atom. The van der Waals surface area contributed by atoms with Crippen molar-refractivity contribution in [3.8, 4) is 5.75 Å². The molecule has 1 nitrogen and oxygen atoms in total. The van der Waals surface area contributed by atoms with Gasteiger partial charge in [-0.1, -0.05) is 46.1 Å². The maximum absolute atomic E-state index is 10.6. The molecule has 0 spiro atoms. The first-order chi connectivity index (χ1) is 9.65. The molecule has 0 aromatic heterocycles. The highest BCUT2D eigenvalue weighted by Gasteiger charge is 2.14. The van der Waals surface area contributed by atoms with E-state index in [2.05, 4.69) is 33.8 Å². The molecule has 0 unspecified atom stereocenters. The van der Waals surface area contributed by atoms with Crippen LogP contribution in [-0.4, -0.2) is 5.11 Å². The van der Waals surface area contributed by atoms with Gasteiger partial charge in [0, 0.05) is 0 Å². The number of hydrogen-bond donors (Lipinski definition) is 1. The van der Waals surface area contributed by atoms with Crippen LogP contribution in [0.2, 0.25) is 0 Å². The Bertz CT molecular complexity index is 374. The van der Waals surface area contributed by atoms with Crippen LogP contribution in [-0.2, 0) is 19.3 Å². The fourth-order valence-corrected chi connectivity index (χ4v) is 2.80. The second-order valence-electron chi connectivity index (χ2n) is 5.96. The zero-order valence-corrected chi connectivity index (χ0v) is 13.9. The van der Waals surface area contributed by atoms with Gasteiger partial charge >= 0.3 is 0 Å². The maximum atomic E-state index is 10.6. The number of hydrogen-bond acceptors (Lipinski definition) is 1. The molecular weight excluding hydrogens is 244 g/mol. The van der Waals surface area contributed by atoms with Crippen molar-refractivity contribution >= 4 is 0 Å². The van der Waals surface area contributed by atoms with Crippen molar-refractivity contribution in [2.75, 3.05) is 0 Å². The predicted molar refractivity (Wildman–Crippen MR) is 88.7 cm³/mol. The van der Waals surface area contributed by atoms with Crippen molar-refractivity contribution in [2.45, 2.75) is 85.5 Å². The fraction of sp³-hybridized carbons (Fsp3) is 0.684. The molecule has 0 saturated carbocycles. The summed E-state index contributed by atoms with van der Waals surface area (Å²) < 4.78 is 0. The van der Waals surface area contributed by atoms with Crippen LogP contribution in [0.3, 0.4) is 0 Å². The van der Waals surface area contributed by atoms with Gasteiger partial charge in [-0.25, -0.2) is 0 Å². The highest BCUT2D eigenvalue weighted by Crippen LogP contribution is 2.32. The van der Waals surface area contributed by atoms with Crippen LogP contribution in [0.25, 0.3) is 0 Å². The largest absolute Gasteiger partial charge is 0.507 e. The molecule has 1 heteroatoms. The van der Waals surface area contributed by atoms with E-state index < -0.39 is 0 Å². The predicted octanol–water partition coefficient (Wildman–Crippen LogP) is 5.73.